The summed E-state index contributed by atoms with van der Waals surface area (Å²) in [5, 5.41) is 3.52. The third kappa shape index (κ3) is 4.68. The molecule has 2 fully saturated rings. The predicted molar refractivity (Wildman–Crippen MR) is 84.6 cm³/mol. The predicted octanol–water partition coefficient (Wildman–Crippen LogP) is 2.51. The molecule has 2 aliphatic rings. The molecule has 3 rings (SSSR count). The van der Waals surface area contributed by atoms with E-state index in [-0.39, 0.29) is 0 Å². The Morgan fingerprint density at radius 2 is 2.10 bits per heavy atom. The number of hydrogen-bond donors (Lipinski definition) is 1. The van der Waals surface area contributed by atoms with E-state index >= 15 is 0 Å². The Morgan fingerprint density at radius 1 is 1.29 bits per heavy atom. The molecule has 0 radical (unpaired) electrons. The summed E-state index contributed by atoms with van der Waals surface area (Å²) in [5.41, 5.74) is 2.12. The number of aryl methyl sites for hydroxylation is 1. The Labute approximate surface area is 127 Å². The first-order valence-electron chi connectivity index (χ1n) is 8.36. The third-order valence-electron chi connectivity index (χ3n) is 4.28. The molecule has 1 aliphatic carbocycles. The van der Waals surface area contributed by atoms with Gasteiger partial charge in [-0.2, -0.15) is 0 Å². The number of ether oxygens (including phenoxy) is 1. The van der Waals surface area contributed by atoms with Crippen molar-refractivity contribution in [2.45, 2.75) is 51.6 Å². The van der Waals surface area contributed by atoms with Crippen LogP contribution in [-0.2, 0) is 6.54 Å². The fourth-order valence-corrected chi connectivity index (χ4v) is 2.86. The van der Waals surface area contributed by atoms with Gasteiger partial charge in [-0.15, -0.1) is 0 Å². The molecule has 1 saturated carbocycles. The van der Waals surface area contributed by atoms with Gasteiger partial charge in [-0.25, -0.2) is 0 Å². The average molecular weight is 289 g/mol. The molecule has 0 aromatic carbocycles. The lowest BCUT2D eigenvalue weighted by Crippen LogP contribution is -2.22. The van der Waals surface area contributed by atoms with Crippen LogP contribution in [0.2, 0.25) is 0 Å². The number of rotatable bonds is 8. The van der Waals surface area contributed by atoms with Crippen LogP contribution in [-0.4, -0.2) is 42.2 Å². The van der Waals surface area contributed by atoms with Gasteiger partial charge in [0.25, 0.3) is 0 Å². The maximum Gasteiger partial charge on any atom is 0.142 e. The summed E-state index contributed by atoms with van der Waals surface area (Å²) in [6, 6.07) is 4.81. The summed E-state index contributed by atoms with van der Waals surface area (Å²) < 4.78 is 5.98. The number of pyridine rings is 1. The lowest BCUT2D eigenvalue weighted by Gasteiger charge is -2.15. The highest BCUT2D eigenvalue weighted by atomic mass is 16.5. The van der Waals surface area contributed by atoms with E-state index < -0.39 is 0 Å². The molecule has 4 nitrogen and oxygen atoms in total. The largest absolute Gasteiger partial charge is 0.492 e. The van der Waals surface area contributed by atoms with Gasteiger partial charge in [-0.05, 0) is 64.3 Å². The zero-order chi connectivity index (χ0) is 14.5. The van der Waals surface area contributed by atoms with Gasteiger partial charge in [0.05, 0.1) is 12.3 Å². The second-order valence-electron chi connectivity index (χ2n) is 6.30. The van der Waals surface area contributed by atoms with Crippen LogP contribution in [0.4, 0.5) is 0 Å². The molecule has 116 valence electrons. The van der Waals surface area contributed by atoms with Crippen molar-refractivity contribution < 1.29 is 4.74 Å². The Kier molecular flexibility index (Phi) is 5.09. The molecule has 0 unspecified atom stereocenters. The van der Waals surface area contributed by atoms with E-state index in [0.717, 1.165) is 43.3 Å². The van der Waals surface area contributed by atoms with Crippen molar-refractivity contribution in [1.29, 1.82) is 0 Å². The molecule has 1 aromatic rings. The molecule has 1 saturated heterocycles. The molecule has 1 N–H and O–H groups in total. The number of aromatic nitrogens is 1. The Balaban J connectivity index is 1.46. The zero-order valence-electron chi connectivity index (χ0n) is 13.1. The van der Waals surface area contributed by atoms with E-state index in [1.165, 1.54) is 38.8 Å². The third-order valence-corrected chi connectivity index (χ3v) is 4.28. The first-order chi connectivity index (χ1) is 10.3. The van der Waals surface area contributed by atoms with Crippen molar-refractivity contribution >= 4 is 0 Å². The maximum absolute atomic E-state index is 5.98. The van der Waals surface area contributed by atoms with Gasteiger partial charge in [-0.3, -0.25) is 4.98 Å². The lowest BCUT2D eigenvalue weighted by molar-refractivity contribution is 0.260. The van der Waals surface area contributed by atoms with Crippen LogP contribution in [0.3, 0.4) is 0 Å². The Bertz CT molecular complexity index is 453. The van der Waals surface area contributed by atoms with Gasteiger partial charge in [0.2, 0.25) is 0 Å². The first kappa shape index (κ1) is 14.8. The van der Waals surface area contributed by atoms with Crippen LogP contribution in [0.15, 0.2) is 12.1 Å². The fraction of sp³-hybridized carbons (Fsp3) is 0.706. The second kappa shape index (κ2) is 7.23. The van der Waals surface area contributed by atoms with Crippen molar-refractivity contribution in [3.8, 4) is 5.75 Å². The molecule has 21 heavy (non-hydrogen) atoms. The topological polar surface area (TPSA) is 37.4 Å². The van der Waals surface area contributed by atoms with Crippen LogP contribution in [0.25, 0.3) is 0 Å². The van der Waals surface area contributed by atoms with Crippen molar-refractivity contribution in [3.05, 3.63) is 23.5 Å². The van der Waals surface area contributed by atoms with E-state index in [9.17, 15) is 0 Å². The molecular formula is C17H27N3O. The van der Waals surface area contributed by atoms with Gasteiger partial charge in [0.15, 0.2) is 0 Å². The van der Waals surface area contributed by atoms with Gasteiger partial charge in [-0.1, -0.05) is 0 Å². The summed E-state index contributed by atoms with van der Waals surface area (Å²) in [6.07, 6.45) is 6.43. The quantitative estimate of drug-likeness (QED) is 0.746. The number of nitrogens with one attached hydrogen (secondary N) is 1. The number of hydrogen-bond acceptors (Lipinski definition) is 4. The molecule has 1 aliphatic heterocycles. The van der Waals surface area contributed by atoms with Crippen LogP contribution >= 0.6 is 0 Å². The smallest absolute Gasteiger partial charge is 0.142 e. The molecule has 4 heteroatoms. The highest BCUT2D eigenvalue weighted by Crippen LogP contribution is 2.22. The molecule has 2 heterocycles. The Morgan fingerprint density at radius 3 is 2.86 bits per heavy atom. The van der Waals surface area contributed by atoms with E-state index in [4.69, 9.17) is 4.74 Å². The molecule has 0 amide bonds. The number of likely N-dealkylation sites (tertiary alicyclic amines) is 1. The molecule has 0 atom stereocenters. The van der Waals surface area contributed by atoms with Crippen molar-refractivity contribution in [3.63, 3.8) is 0 Å². The van der Waals surface area contributed by atoms with E-state index in [1.54, 1.807) is 0 Å². The van der Waals surface area contributed by atoms with Crippen molar-refractivity contribution in [2.24, 2.45) is 0 Å². The van der Waals surface area contributed by atoms with Crippen LogP contribution in [0.5, 0.6) is 5.75 Å². The normalized spacial score (nSPS) is 19.1. The van der Waals surface area contributed by atoms with Crippen molar-refractivity contribution in [2.75, 3.05) is 26.2 Å². The summed E-state index contributed by atoms with van der Waals surface area (Å²) in [5.74, 6) is 0.954. The minimum atomic E-state index is 0.704. The summed E-state index contributed by atoms with van der Waals surface area (Å²) >= 11 is 0. The molecule has 0 spiro atoms. The second-order valence-corrected chi connectivity index (χ2v) is 6.30. The highest BCUT2D eigenvalue weighted by molar-refractivity contribution is 5.29. The van der Waals surface area contributed by atoms with Crippen LogP contribution in [0.1, 0.15) is 43.5 Å². The first-order valence-corrected chi connectivity index (χ1v) is 8.36. The molecular weight excluding hydrogens is 262 g/mol. The minimum absolute atomic E-state index is 0.704. The van der Waals surface area contributed by atoms with Gasteiger partial charge in [0, 0.05) is 24.8 Å². The zero-order valence-corrected chi connectivity index (χ0v) is 13.1. The van der Waals surface area contributed by atoms with E-state index in [1.807, 2.05) is 13.0 Å². The minimum Gasteiger partial charge on any atom is -0.492 e. The van der Waals surface area contributed by atoms with E-state index in [0.29, 0.717) is 6.04 Å². The number of nitrogens with zero attached hydrogens (tertiary/aromatic N) is 2. The van der Waals surface area contributed by atoms with Crippen LogP contribution < -0.4 is 10.1 Å². The van der Waals surface area contributed by atoms with Crippen molar-refractivity contribution in [1.82, 2.24) is 15.2 Å². The average Bonchev–Trinajstić information content (AvgIpc) is 3.17. The SMILES string of the molecule is Cc1ccc(OCCCN2CCCC2)c(CNC2CC2)n1. The van der Waals surface area contributed by atoms with Gasteiger partial charge in [0.1, 0.15) is 5.75 Å². The summed E-state index contributed by atoms with van der Waals surface area (Å²) in [4.78, 5) is 7.17. The van der Waals surface area contributed by atoms with E-state index in [2.05, 4.69) is 21.3 Å². The fourth-order valence-electron chi connectivity index (χ4n) is 2.86. The van der Waals surface area contributed by atoms with Gasteiger partial charge >= 0.3 is 0 Å². The standard InChI is InChI=1S/C17H27N3O/c1-14-5-8-17(16(19-14)13-18-15-6-7-15)21-12-4-11-20-9-2-3-10-20/h5,8,15,18H,2-4,6-7,9-13H2,1H3. The monoisotopic (exact) mass is 289 g/mol. The van der Waals surface area contributed by atoms with Crippen LogP contribution in [0, 0.1) is 6.92 Å². The lowest BCUT2D eigenvalue weighted by atomic mass is 10.2. The highest BCUT2D eigenvalue weighted by Gasteiger charge is 2.21. The summed E-state index contributed by atoms with van der Waals surface area (Å²) in [7, 11) is 0. The Hall–Kier alpha value is -1.13. The maximum atomic E-state index is 5.98. The summed E-state index contributed by atoms with van der Waals surface area (Å²) in [6.45, 7) is 7.35. The molecule has 1 aromatic heterocycles. The van der Waals surface area contributed by atoms with Gasteiger partial charge < -0.3 is 15.0 Å². The molecule has 0 bridgehead atoms.